The van der Waals surface area contributed by atoms with Crippen LogP contribution in [0.2, 0.25) is 0 Å². The van der Waals surface area contributed by atoms with E-state index in [1.165, 1.54) is 23.9 Å². The van der Waals surface area contributed by atoms with Gasteiger partial charge >= 0.3 is 0 Å². The number of hydrogen-bond acceptors (Lipinski definition) is 7. The molecule has 8 nitrogen and oxygen atoms in total. The van der Waals surface area contributed by atoms with Crippen LogP contribution in [0.25, 0.3) is 5.95 Å². The van der Waals surface area contributed by atoms with E-state index in [9.17, 15) is 0 Å². The fourth-order valence-electron chi connectivity index (χ4n) is 2.50. The van der Waals surface area contributed by atoms with E-state index in [2.05, 4.69) is 42.6 Å². The molecule has 0 bridgehead atoms. The van der Waals surface area contributed by atoms with Crippen molar-refractivity contribution >= 4 is 11.9 Å². The van der Waals surface area contributed by atoms with Gasteiger partial charge in [-0.15, -0.1) is 0 Å². The maximum Gasteiger partial charge on any atom is 0.258 e. The van der Waals surface area contributed by atoms with Crippen LogP contribution in [0.1, 0.15) is 32.6 Å². The fourth-order valence-corrected chi connectivity index (χ4v) is 2.50. The zero-order valence-corrected chi connectivity index (χ0v) is 11.7. The standard InChI is InChI=1S/C12H18N8/c1-12(5-3-4-6-12)19-10-16-9(13-2)17-11(18-10)20-8-14-7-15-20/h7-8H,3-6H2,1-2H3,(H2,13,16,17,18,19). The highest BCUT2D eigenvalue weighted by Crippen LogP contribution is 2.31. The molecule has 0 amide bonds. The summed E-state index contributed by atoms with van der Waals surface area (Å²) in [6.07, 6.45) is 7.76. The van der Waals surface area contributed by atoms with Gasteiger partial charge in [0.15, 0.2) is 0 Å². The number of nitrogens with one attached hydrogen (secondary N) is 2. The van der Waals surface area contributed by atoms with Gasteiger partial charge in [-0.1, -0.05) is 12.8 Å². The van der Waals surface area contributed by atoms with Crippen molar-refractivity contribution in [3.05, 3.63) is 12.7 Å². The largest absolute Gasteiger partial charge is 0.357 e. The van der Waals surface area contributed by atoms with E-state index in [0.717, 1.165) is 12.8 Å². The van der Waals surface area contributed by atoms with E-state index in [-0.39, 0.29) is 5.54 Å². The zero-order valence-electron chi connectivity index (χ0n) is 11.7. The normalized spacial score (nSPS) is 17.1. The molecule has 2 heterocycles. The van der Waals surface area contributed by atoms with Crippen LogP contribution >= 0.6 is 0 Å². The Labute approximate surface area is 117 Å². The number of aromatic nitrogens is 6. The molecule has 1 aliphatic rings. The molecule has 1 fully saturated rings. The van der Waals surface area contributed by atoms with Crippen molar-refractivity contribution in [3.63, 3.8) is 0 Å². The van der Waals surface area contributed by atoms with Gasteiger partial charge in [-0.25, -0.2) is 4.98 Å². The lowest BCUT2D eigenvalue weighted by molar-refractivity contribution is 0.527. The number of nitrogens with zero attached hydrogens (tertiary/aromatic N) is 6. The van der Waals surface area contributed by atoms with Gasteiger partial charge in [0.25, 0.3) is 5.95 Å². The van der Waals surface area contributed by atoms with Crippen molar-refractivity contribution < 1.29 is 0 Å². The second-order valence-corrected chi connectivity index (χ2v) is 5.27. The molecule has 0 radical (unpaired) electrons. The van der Waals surface area contributed by atoms with Crippen LogP contribution in [0, 0.1) is 0 Å². The minimum atomic E-state index is 0.0615. The van der Waals surface area contributed by atoms with Crippen molar-refractivity contribution in [2.24, 2.45) is 0 Å². The quantitative estimate of drug-likeness (QED) is 0.866. The van der Waals surface area contributed by atoms with Crippen LogP contribution in [0.5, 0.6) is 0 Å². The van der Waals surface area contributed by atoms with E-state index in [1.807, 2.05) is 0 Å². The van der Waals surface area contributed by atoms with Crippen LogP contribution in [0.3, 0.4) is 0 Å². The molecule has 8 heteroatoms. The van der Waals surface area contributed by atoms with Crippen molar-refractivity contribution in [3.8, 4) is 5.95 Å². The molecule has 1 aliphatic carbocycles. The summed E-state index contributed by atoms with van der Waals surface area (Å²) in [5.74, 6) is 1.53. The van der Waals surface area contributed by atoms with Crippen molar-refractivity contribution in [2.75, 3.05) is 17.7 Å². The summed E-state index contributed by atoms with van der Waals surface area (Å²) < 4.78 is 1.52. The van der Waals surface area contributed by atoms with Crippen LogP contribution in [-0.2, 0) is 0 Å². The SMILES string of the molecule is CNc1nc(NC2(C)CCCC2)nc(-n2cncn2)n1. The molecular weight excluding hydrogens is 256 g/mol. The minimum Gasteiger partial charge on any atom is -0.357 e. The third kappa shape index (κ3) is 2.54. The van der Waals surface area contributed by atoms with E-state index in [0.29, 0.717) is 17.8 Å². The Morgan fingerprint density at radius 3 is 2.55 bits per heavy atom. The van der Waals surface area contributed by atoms with Gasteiger partial charge in [0.05, 0.1) is 0 Å². The van der Waals surface area contributed by atoms with E-state index < -0.39 is 0 Å². The maximum atomic E-state index is 4.42. The van der Waals surface area contributed by atoms with Gasteiger partial charge in [0.2, 0.25) is 11.9 Å². The molecule has 3 rings (SSSR count). The van der Waals surface area contributed by atoms with Crippen molar-refractivity contribution in [2.45, 2.75) is 38.1 Å². The average Bonchev–Trinajstić information content (AvgIpc) is 3.09. The molecule has 2 aromatic rings. The summed E-state index contributed by atoms with van der Waals surface area (Å²) in [4.78, 5) is 17.0. The van der Waals surface area contributed by atoms with Crippen LogP contribution in [0.4, 0.5) is 11.9 Å². The van der Waals surface area contributed by atoms with Gasteiger partial charge in [-0.2, -0.15) is 24.7 Å². The average molecular weight is 274 g/mol. The Morgan fingerprint density at radius 1 is 1.15 bits per heavy atom. The highest BCUT2D eigenvalue weighted by Gasteiger charge is 2.29. The third-order valence-corrected chi connectivity index (χ3v) is 3.59. The van der Waals surface area contributed by atoms with E-state index in [1.54, 1.807) is 13.4 Å². The topological polar surface area (TPSA) is 93.4 Å². The highest BCUT2D eigenvalue weighted by molar-refractivity contribution is 5.39. The predicted molar refractivity (Wildman–Crippen MR) is 74.8 cm³/mol. The lowest BCUT2D eigenvalue weighted by Gasteiger charge is -2.25. The molecular formula is C12H18N8. The molecule has 2 aromatic heterocycles. The molecule has 0 atom stereocenters. The van der Waals surface area contributed by atoms with Gasteiger partial charge in [-0.3, -0.25) is 0 Å². The third-order valence-electron chi connectivity index (χ3n) is 3.59. The van der Waals surface area contributed by atoms with Gasteiger partial charge < -0.3 is 10.6 Å². The first kappa shape index (κ1) is 12.8. The fraction of sp³-hybridized carbons (Fsp3) is 0.583. The first-order valence-corrected chi connectivity index (χ1v) is 6.76. The lowest BCUT2D eigenvalue weighted by Crippen LogP contribution is -2.32. The minimum absolute atomic E-state index is 0.0615. The van der Waals surface area contributed by atoms with Crippen LogP contribution in [-0.4, -0.2) is 42.3 Å². The molecule has 0 unspecified atom stereocenters. The molecule has 0 aliphatic heterocycles. The lowest BCUT2D eigenvalue weighted by atomic mass is 10.0. The summed E-state index contributed by atoms with van der Waals surface area (Å²) in [5.41, 5.74) is 0.0615. The Hall–Kier alpha value is -2.25. The summed E-state index contributed by atoms with van der Waals surface area (Å²) in [6.45, 7) is 2.21. The summed E-state index contributed by atoms with van der Waals surface area (Å²) >= 11 is 0. The smallest absolute Gasteiger partial charge is 0.258 e. The van der Waals surface area contributed by atoms with Crippen molar-refractivity contribution in [1.29, 1.82) is 0 Å². The Morgan fingerprint density at radius 2 is 1.90 bits per heavy atom. The summed E-state index contributed by atoms with van der Waals surface area (Å²) in [5, 5.41) is 10.4. The van der Waals surface area contributed by atoms with Gasteiger partial charge in [0, 0.05) is 12.6 Å². The molecule has 106 valence electrons. The number of rotatable bonds is 4. The number of anilines is 2. The van der Waals surface area contributed by atoms with Crippen molar-refractivity contribution in [1.82, 2.24) is 29.7 Å². The van der Waals surface area contributed by atoms with E-state index in [4.69, 9.17) is 0 Å². The molecule has 2 N–H and O–H groups in total. The first-order valence-electron chi connectivity index (χ1n) is 6.76. The van der Waals surface area contributed by atoms with Gasteiger partial charge in [0.1, 0.15) is 12.7 Å². The summed E-state index contributed by atoms with van der Waals surface area (Å²) in [7, 11) is 1.78. The summed E-state index contributed by atoms with van der Waals surface area (Å²) in [6, 6.07) is 0. The Kier molecular flexibility index (Phi) is 3.21. The first-order chi connectivity index (χ1) is 9.68. The Bertz CT molecular complexity index is 573. The Balaban J connectivity index is 1.92. The molecule has 20 heavy (non-hydrogen) atoms. The molecule has 0 spiro atoms. The van der Waals surface area contributed by atoms with E-state index >= 15 is 0 Å². The zero-order chi connectivity index (χ0) is 14.0. The highest BCUT2D eigenvalue weighted by atomic mass is 15.4. The second kappa shape index (κ2) is 5.03. The maximum absolute atomic E-state index is 4.42. The molecule has 1 saturated carbocycles. The van der Waals surface area contributed by atoms with Gasteiger partial charge in [-0.05, 0) is 19.8 Å². The molecule has 0 aromatic carbocycles. The molecule has 0 saturated heterocycles. The second-order valence-electron chi connectivity index (χ2n) is 5.27. The van der Waals surface area contributed by atoms with Crippen LogP contribution in [0.15, 0.2) is 12.7 Å². The predicted octanol–water partition coefficient (Wildman–Crippen LogP) is 1.24. The van der Waals surface area contributed by atoms with Crippen LogP contribution < -0.4 is 10.6 Å². The number of hydrogen-bond donors (Lipinski definition) is 2. The monoisotopic (exact) mass is 274 g/mol.